The Morgan fingerprint density at radius 1 is 1.22 bits per heavy atom. The molecule has 0 atom stereocenters. The molecule has 1 aliphatic carbocycles. The van der Waals surface area contributed by atoms with Gasteiger partial charge in [-0.2, -0.15) is 0 Å². The summed E-state index contributed by atoms with van der Waals surface area (Å²) in [4.78, 5) is 13.8. The highest BCUT2D eigenvalue weighted by Gasteiger charge is 2.28. The van der Waals surface area contributed by atoms with E-state index in [1.54, 1.807) is 0 Å². The minimum absolute atomic E-state index is 0.546. The van der Waals surface area contributed by atoms with Crippen molar-refractivity contribution >= 4 is 11.6 Å². The lowest BCUT2D eigenvalue weighted by Crippen LogP contribution is -2.45. The molecular formula is C12H20N6. The smallest absolute Gasteiger partial charge is 0.145 e. The number of piperazine rings is 1. The van der Waals surface area contributed by atoms with E-state index in [-0.39, 0.29) is 0 Å². The third kappa shape index (κ3) is 2.39. The van der Waals surface area contributed by atoms with Crippen molar-refractivity contribution in [3.8, 4) is 0 Å². The van der Waals surface area contributed by atoms with Crippen LogP contribution in [-0.2, 0) is 0 Å². The number of hydrogen-bond donors (Lipinski definition) is 2. The molecule has 1 aliphatic heterocycles. The van der Waals surface area contributed by atoms with E-state index in [9.17, 15) is 0 Å². The molecule has 2 aliphatic rings. The number of rotatable bonds is 3. The Balaban J connectivity index is 1.83. The Bertz CT molecular complexity index is 423. The lowest BCUT2D eigenvalue weighted by Gasteiger charge is -2.33. The molecule has 1 saturated heterocycles. The van der Waals surface area contributed by atoms with Gasteiger partial charge in [-0.3, -0.25) is 0 Å². The van der Waals surface area contributed by atoms with Gasteiger partial charge in [-0.1, -0.05) is 0 Å². The van der Waals surface area contributed by atoms with E-state index in [2.05, 4.69) is 27.3 Å². The molecule has 3 rings (SSSR count). The summed E-state index contributed by atoms with van der Waals surface area (Å²) in [6, 6.07) is 1.94. The SMILES string of the molecule is CN1CCN(c2cc(NN)nc(C3CC3)n2)CC1. The minimum atomic E-state index is 0.546. The normalized spacial score (nSPS) is 21.1. The van der Waals surface area contributed by atoms with E-state index in [0.29, 0.717) is 5.92 Å². The standard InChI is InChI=1S/C12H20N6/c1-17-4-6-18(7-5-17)11-8-10(16-13)14-12(15-11)9-2-3-9/h8-9H,2-7,13H2,1H3,(H,14,15,16). The van der Waals surface area contributed by atoms with Crippen molar-refractivity contribution in [3.63, 3.8) is 0 Å². The maximum absolute atomic E-state index is 5.49. The molecule has 1 aromatic heterocycles. The summed E-state index contributed by atoms with van der Waals surface area (Å²) in [6.07, 6.45) is 2.41. The van der Waals surface area contributed by atoms with Gasteiger partial charge in [0.05, 0.1) is 0 Å². The van der Waals surface area contributed by atoms with Crippen LogP contribution < -0.4 is 16.2 Å². The van der Waals surface area contributed by atoms with E-state index in [1.807, 2.05) is 6.07 Å². The fourth-order valence-electron chi connectivity index (χ4n) is 2.25. The van der Waals surface area contributed by atoms with E-state index in [0.717, 1.165) is 43.6 Å². The summed E-state index contributed by atoms with van der Waals surface area (Å²) < 4.78 is 0. The van der Waals surface area contributed by atoms with Gasteiger partial charge in [0.1, 0.15) is 17.5 Å². The van der Waals surface area contributed by atoms with E-state index in [1.165, 1.54) is 12.8 Å². The van der Waals surface area contributed by atoms with E-state index >= 15 is 0 Å². The number of hydrogen-bond acceptors (Lipinski definition) is 6. The maximum Gasteiger partial charge on any atom is 0.145 e. The number of nitrogens with one attached hydrogen (secondary N) is 1. The average Bonchev–Trinajstić information content (AvgIpc) is 3.23. The van der Waals surface area contributed by atoms with Crippen LogP contribution in [0, 0.1) is 0 Å². The molecule has 18 heavy (non-hydrogen) atoms. The number of nitrogens with zero attached hydrogens (tertiary/aromatic N) is 4. The fraction of sp³-hybridized carbons (Fsp3) is 0.667. The van der Waals surface area contributed by atoms with Crippen LogP contribution in [0.1, 0.15) is 24.6 Å². The zero-order valence-electron chi connectivity index (χ0n) is 10.8. The maximum atomic E-state index is 5.49. The van der Waals surface area contributed by atoms with Crippen molar-refractivity contribution in [3.05, 3.63) is 11.9 Å². The van der Waals surface area contributed by atoms with Crippen LogP contribution in [0.3, 0.4) is 0 Å². The molecule has 0 spiro atoms. The first-order valence-electron chi connectivity index (χ1n) is 6.55. The molecule has 0 aromatic carbocycles. The predicted octanol–water partition coefficient (Wildman–Crippen LogP) is 0.391. The van der Waals surface area contributed by atoms with Crippen LogP contribution in [-0.4, -0.2) is 48.1 Å². The van der Waals surface area contributed by atoms with Crippen LogP contribution in [0.5, 0.6) is 0 Å². The van der Waals surface area contributed by atoms with Gasteiger partial charge in [-0.05, 0) is 19.9 Å². The molecule has 1 aromatic rings. The van der Waals surface area contributed by atoms with Gasteiger partial charge in [0.25, 0.3) is 0 Å². The summed E-state index contributed by atoms with van der Waals surface area (Å²) >= 11 is 0. The Hall–Kier alpha value is -1.40. The van der Waals surface area contributed by atoms with Crippen LogP contribution >= 0.6 is 0 Å². The van der Waals surface area contributed by atoms with Gasteiger partial charge in [0, 0.05) is 38.2 Å². The molecule has 0 amide bonds. The largest absolute Gasteiger partial charge is 0.354 e. The molecule has 2 heterocycles. The molecular weight excluding hydrogens is 228 g/mol. The molecule has 0 bridgehead atoms. The number of nitrogen functional groups attached to an aromatic ring is 1. The predicted molar refractivity (Wildman–Crippen MR) is 71.5 cm³/mol. The van der Waals surface area contributed by atoms with Crippen LogP contribution in [0.2, 0.25) is 0 Å². The number of likely N-dealkylation sites (N-methyl/N-ethyl adjacent to an activating group) is 1. The van der Waals surface area contributed by atoms with Crippen molar-refractivity contribution in [2.75, 3.05) is 43.6 Å². The second-order valence-electron chi connectivity index (χ2n) is 5.18. The van der Waals surface area contributed by atoms with Crippen molar-refractivity contribution in [1.29, 1.82) is 0 Å². The molecule has 98 valence electrons. The van der Waals surface area contributed by atoms with Gasteiger partial charge in [-0.25, -0.2) is 15.8 Å². The first-order chi connectivity index (χ1) is 8.76. The highest BCUT2D eigenvalue weighted by Crippen LogP contribution is 2.39. The van der Waals surface area contributed by atoms with Crippen molar-refractivity contribution < 1.29 is 0 Å². The van der Waals surface area contributed by atoms with Gasteiger partial charge < -0.3 is 15.2 Å². The Kier molecular flexibility index (Phi) is 3.05. The number of aromatic nitrogens is 2. The monoisotopic (exact) mass is 248 g/mol. The third-order valence-corrected chi connectivity index (χ3v) is 3.65. The second kappa shape index (κ2) is 4.70. The first kappa shape index (κ1) is 11.7. The first-order valence-corrected chi connectivity index (χ1v) is 6.55. The quantitative estimate of drug-likeness (QED) is 0.596. The topological polar surface area (TPSA) is 70.3 Å². The molecule has 6 heteroatoms. The summed E-state index contributed by atoms with van der Waals surface area (Å²) in [6.45, 7) is 4.19. The molecule has 1 saturated carbocycles. The molecule has 0 radical (unpaired) electrons. The molecule has 2 fully saturated rings. The summed E-state index contributed by atoms with van der Waals surface area (Å²) in [7, 11) is 2.15. The number of nitrogens with two attached hydrogens (primary N) is 1. The zero-order chi connectivity index (χ0) is 12.5. The Morgan fingerprint density at radius 3 is 2.56 bits per heavy atom. The molecule has 3 N–H and O–H groups in total. The van der Waals surface area contributed by atoms with Crippen molar-refractivity contribution in [1.82, 2.24) is 14.9 Å². The third-order valence-electron chi connectivity index (χ3n) is 3.65. The Labute approximate surface area is 107 Å². The Morgan fingerprint density at radius 2 is 1.94 bits per heavy atom. The molecule has 0 unspecified atom stereocenters. The molecule has 6 nitrogen and oxygen atoms in total. The van der Waals surface area contributed by atoms with Crippen LogP contribution in [0.25, 0.3) is 0 Å². The zero-order valence-corrected chi connectivity index (χ0v) is 10.8. The van der Waals surface area contributed by atoms with E-state index < -0.39 is 0 Å². The van der Waals surface area contributed by atoms with E-state index in [4.69, 9.17) is 10.8 Å². The minimum Gasteiger partial charge on any atom is -0.354 e. The lowest BCUT2D eigenvalue weighted by atomic mass is 10.3. The highest BCUT2D eigenvalue weighted by molar-refractivity contribution is 5.49. The second-order valence-corrected chi connectivity index (χ2v) is 5.18. The fourth-order valence-corrected chi connectivity index (χ4v) is 2.25. The lowest BCUT2D eigenvalue weighted by molar-refractivity contribution is 0.312. The summed E-state index contributed by atoms with van der Waals surface area (Å²) in [5.41, 5.74) is 2.65. The summed E-state index contributed by atoms with van der Waals surface area (Å²) in [5.74, 6) is 8.71. The van der Waals surface area contributed by atoms with Gasteiger partial charge in [0.2, 0.25) is 0 Å². The van der Waals surface area contributed by atoms with Gasteiger partial charge in [-0.15, -0.1) is 0 Å². The number of hydrazine groups is 1. The van der Waals surface area contributed by atoms with Crippen molar-refractivity contribution in [2.24, 2.45) is 5.84 Å². The number of anilines is 2. The average molecular weight is 248 g/mol. The van der Waals surface area contributed by atoms with Crippen LogP contribution in [0.15, 0.2) is 6.07 Å². The van der Waals surface area contributed by atoms with Crippen LogP contribution in [0.4, 0.5) is 11.6 Å². The van der Waals surface area contributed by atoms with Gasteiger partial charge >= 0.3 is 0 Å². The van der Waals surface area contributed by atoms with Gasteiger partial charge in [0.15, 0.2) is 0 Å². The summed E-state index contributed by atoms with van der Waals surface area (Å²) in [5, 5.41) is 0. The highest BCUT2D eigenvalue weighted by atomic mass is 15.3. The van der Waals surface area contributed by atoms with Crippen molar-refractivity contribution in [2.45, 2.75) is 18.8 Å².